The number of aryl methyl sites for hydroxylation is 1. The van der Waals surface area contributed by atoms with Gasteiger partial charge in [0, 0.05) is 23.9 Å². The molecule has 1 aromatic carbocycles. The molecule has 6 heteroatoms. The molecule has 0 aliphatic carbocycles. The summed E-state index contributed by atoms with van der Waals surface area (Å²) in [6.45, 7) is 7.31. The van der Waals surface area contributed by atoms with E-state index < -0.39 is 0 Å². The molecule has 0 spiro atoms. The minimum absolute atomic E-state index is 0.247. The average molecular weight is 338 g/mol. The highest BCUT2D eigenvalue weighted by Crippen LogP contribution is 2.19. The van der Waals surface area contributed by atoms with Gasteiger partial charge < -0.3 is 9.84 Å². The minimum atomic E-state index is -0.247. The fraction of sp³-hybridized carbons (Fsp3) is 0.316. The summed E-state index contributed by atoms with van der Waals surface area (Å²) >= 11 is 0. The quantitative estimate of drug-likeness (QED) is 0.749. The van der Waals surface area contributed by atoms with E-state index in [0.717, 1.165) is 23.4 Å². The highest BCUT2D eigenvalue weighted by atomic mass is 16.5. The van der Waals surface area contributed by atoms with Crippen molar-refractivity contribution in [1.82, 2.24) is 20.3 Å². The molecule has 0 unspecified atom stereocenters. The lowest BCUT2D eigenvalue weighted by Gasteiger charge is -2.06. The first-order valence-electron chi connectivity index (χ1n) is 8.43. The predicted molar refractivity (Wildman–Crippen MR) is 95.4 cm³/mol. The van der Waals surface area contributed by atoms with Crippen LogP contribution in [0.4, 0.5) is 0 Å². The molecule has 0 fully saturated rings. The van der Waals surface area contributed by atoms with Crippen molar-refractivity contribution in [2.24, 2.45) is 0 Å². The van der Waals surface area contributed by atoms with Crippen molar-refractivity contribution in [3.63, 3.8) is 0 Å². The third-order valence-corrected chi connectivity index (χ3v) is 4.30. The number of amides is 1. The maximum absolute atomic E-state index is 12.2. The van der Waals surface area contributed by atoms with Gasteiger partial charge in [-0.1, -0.05) is 42.4 Å². The Kier molecular flexibility index (Phi) is 4.97. The zero-order chi connectivity index (χ0) is 17.8. The van der Waals surface area contributed by atoms with Gasteiger partial charge in [0.15, 0.2) is 11.5 Å². The van der Waals surface area contributed by atoms with Gasteiger partial charge in [-0.25, -0.2) is 0 Å². The number of carbonyl (C=O) groups excluding carboxylic acids is 1. The second-order valence-corrected chi connectivity index (χ2v) is 5.92. The fourth-order valence-electron chi connectivity index (χ4n) is 2.95. The Bertz CT molecular complexity index is 865. The third kappa shape index (κ3) is 3.63. The van der Waals surface area contributed by atoms with E-state index >= 15 is 0 Å². The molecule has 0 aliphatic heterocycles. The van der Waals surface area contributed by atoms with E-state index in [1.165, 1.54) is 5.56 Å². The van der Waals surface area contributed by atoms with Crippen molar-refractivity contribution in [2.45, 2.75) is 33.7 Å². The molecular weight excluding hydrogens is 316 g/mol. The molecule has 0 saturated carbocycles. The number of hydrogen-bond acceptors (Lipinski definition) is 4. The van der Waals surface area contributed by atoms with Crippen LogP contribution in [0.3, 0.4) is 0 Å². The number of nitrogens with one attached hydrogen (secondary N) is 1. The fourth-order valence-corrected chi connectivity index (χ4v) is 2.95. The van der Waals surface area contributed by atoms with E-state index in [0.29, 0.717) is 18.8 Å². The van der Waals surface area contributed by atoms with E-state index in [1.54, 1.807) is 6.07 Å². The first kappa shape index (κ1) is 17.0. The van der Waals surface area contributed by atoms with Gasteiger partial charge in [0.2, 0.25) is 0 Å². The molecule has 3 rings (SSSR count). The van der Waals surface area contributed by atoms with E-state index in [1.807, 2.05) is 41.9 Å². The number of rotatable bonds is 6. The summed E-state index contributed by atoms with van der Waals surface area (Å²) in [5.74, 6) is 0.333. The van der Waals surface area contributed by atoms with Crippen molar-refractivity contribution in [3.05, 3.63) is 59.0 Å². The van der Waals surface area contributed by atoms with Gasteiger partial charge in [0.05, 0.1) is 12.2 Å². The Balaban J connectivity index is 1.59. The summed E-state index contributed by atoms with van der Waals surface area (Å²) in [5.41, 5.74) is 4.65. The zero-order valence-electron chi connectivity index (χ0n) is 14.7. The van der Waals surface area contributed by atoms with Gasteiger partial charge in [-0.2, -0.15) is 5.10 Å². The molecule has 3 aromatic rings. The smallest absolute Gasteiger partial charge is 0.273 e. The van der Waals surface area contributed by atoms with Gasteiger partial charge in [-0.3, -0.25) is 9.48 Å². The number of carbonyl (C=O) groups is 1. The van der Waals surface area contributed by atoms with E-state index in [4.69, 9.17) is 4.52 Å². The standard InChI is InChI=1S/C19H22N4O2/c1-4-16-13(2)21-23(14(16)3)11-10-20-19(24)17-12-18(25-22-17)15-8-6-5-7-9-15/h5-9,12H,4,10-11H2,1-3H3,(H,20,24). The van der Waals surface area contributed by atoms with Gasteiger partial charge in [-0.15, -0.1) is 0 Å². The molecule has 1 N–H and O–H groups in total. The lowest BCUT2D eigenvalue weighted by Crippen LogP contribution is -2.28. The highest BCUT2D eigenvalue weighted by Gasteiger charge is 2.14. The molecule has 6 nitrogen and oxygen atoms in total. The Morgan fingerprint density at radius 2 is 2.00 bits per heavy atom. The van der Waals surface area contributed by atoms with Crippen LogP contribution >= 0.6 is 0 Å². The second kappa shape index (κ2) is 7.34. The largest absolute Gasteiger partial charge is 0.355 e. The Morgan fingerprint density at radius 3 is 2.68 bits per heavy atom. The summed E-state index contributed by atoms with van der Waals surface area (Å²) in [6.07, 6.45) is 0.964. The van der Waals surface area contributed by atoms with Crippen LogP contribution in [0, 0.1) is 13.8 Å². The van der Waals surface area contributed by atoms with Gasteiger partial charge >= 0.3 is 0 Å². The van der Waals surface area contributed by atoms with E-state index in [-0.39, 0.29) is 11.6 Å². The molecule has 0 aliphatic rings. The molecule has 130 valence electrons. The molecule has 25 heavy (non-hydrogen) atoms. The third-order valence-electron chi connectivity index (χ3n) is 4.30. The Labute approximate surface area is 146 Å². The summed E-state index contributed by atoms with van der Waals surface area (Å²) in [4.78, 5) is 12.2. The minimum Gasteiger partial charge on any atom is -0.355 e. The lowest BCUT2D eigenvalue weighted by molar-refractivity contribution is 0.0943. The number of hydrogen-bond donors (Lipinski definition) is 1. The van der Waals surface area contributed by atoms with Crippen molar-refractivity contribution < 1.29 is 9.32 Å². The molecule has 0 atom stereocenters. The van der Waals surface area contributed by atoms with Gasteiger partial charge in [0.1, 0.15) is 0 Å². The van der Waals surface area contributed by atoms with E-state index in [2.05, 4.69) is 29.4 Å². The van der Waals surface area contributed by atoms with Crippen molar-refractivity contribution in [2.75, 3.05) is 6.54 Å². The van der Waals surface area contributed by atoms with Crippen LogP contribution < -0.4 is 5.32 Å². The van der Waals surface area contributed by atoms with Crippen LogP contribution in [0.5, 0.6) is 0 Å². The molecule has 0 bridgehead atoms. The molecule has 2 heterocycles. The van der Waals surface area contributed by atoms with Gasteiger partial charge in [0.25, 0.3) is 5.91 Å². The van der Waals surface area contributed by atoms with Crippen molar-refractivity contribution in [3.8, 4) is 11.3 Å². The second-order valence-electron chi connectivity index (χ2n) is 5.92. The molecule has 0 saturated heterocycles. The number of benzene rings is 1. The van der Waals surface area contributed by atoms with Crippen LogP contribution in [0.15, 0.2) is 40.9 Å². The predicted octanol–water partition coefficient (Wildman–Crippen LogP) is 3.15. The number of aromatic nitrogens is 3. The van der Waals surface area contributed by atoms with Gasteiger partial charge in [-0.05, 0) is 25.8 Å². The van der Waals surface area contributed by atoms with Crippen LogP contribution in [-0.4, -0.2) is 27.4 Å². The van der Waals surface area contributed by atoms with Crippen LogP contribution in [0.2, 0.25) is 0 Å². The number of nitrogens with zero attached hydrogens (tertiary/aromatic N) is 3. The maximum Gasteiger partial charge on any atom is 0.273 e. The normalized spacial score (nSPS) is 10.8. The summed E-state index contributed by atoms with van der Waals surface area (Å²) in [6, 6.07) is 11.2. The Hall–Kier alpha value is -2.89. The maximum atomic E-state index is 12.2. The van der Waals surface area contributed by atoms with Crippen LogP contribution in [0.25, 0.3) is 11.3 Å². The zero-order valence-corrected chi connectivity index (χ0v) is 14.7. The summed E-state index contributed by atoms with van der Waals surface area (Å²) in [7, 11) is 0. The lowest BCUT2D eigenvalue weighted by atomic mass is 10.1. The molecule has 2 aromatic heterocycles. The first-order chi connectivity index (χ1) is 12.1. The van der Waals surface area contributed by atoms with E-state index in [9.17, 15) is 4.79 Å². The van der Waals surface area contributed by atoms with Crippen LogP contribution in [-0.2, 0) is 13.0 Å². The monoisotopic (exact) mass is 338 g/mol. The topological polar surface area (TPSA) is 73.0 Å². The molecule has 1 amide bonds. The first-order valence-corrected chi connectivity index (χ1v) is 8.43. The highest BCUT2D eigenvalue weighted by molar-refractivity contribution is 5.93. The van der Waals surface area contributed by atoms with Crippen molar-refractivity contribution >= 4 is 5.91 Å². The summed E-state index contributed by atoms with van der Waals surface area (Å²) < 4.78 is 7.20. The van der Waals surface area contributed by atoms with Crippen molar-refractivity contribution in [1.29, 1.82) is 0 Å². The average Bonchev–Trinajstić information content (AvgIpc) is 3.21. The van der Waals surface area contributed by atoms with Crippen LogP contribution in [0.1, 0.15) is 34.4 Å². The Morgan fingerprint density at radius 1 is 1.24 bits per heavy atom. The summed E-state index contributed by atoms with van der Waals surface area (Å²) in [5, 5.41) is 11.2. The molecular formula is C19H22N4O2. The SMILES string of the molecule is CCc1c(C)nn(CCNC(=O)c2cc(-c3ccccc3)on2)c1C. The molecule has 0 radical (unpaired) electrons.